The zero-order chi connectivity index (χ0) is 31.5. The van der Waals surface area contributed by atoms with Crippen LogP contribution in [0.25, 0.3) is 0 Å². The van der Waals surface area contributed by atoms with Crippen LogP contribution in [0.5, 0.6) is 0 Å². The SMILES string of the molecule is CC(C=CC=C(C)C=CC1=C(C)CC(O)CC1(C)C)=CC=CC=C(C)C=CC=C(C)C=CC1=C(C)CC(O)C[N+]1(C)C. The molecular formula is C39H56NO2+. The molecule has 0 bridgehead atoms. The summed E-state index contributed by atoms with van der Waals surface area (Å²) in [5.41, 5.74) is 9.95. The molecule has 0 fully saturated rings. The zero-order valence-electron chi connectivity index (χ0n) is 27.9. The molecule has 2 rings (SSSR count). The van der Waals surface area contributed by atoms with E-state index in [4.69, 9.17) is 0 Å². The molecular weight excluding hydrogens is 514 g/mol. The molecule has 0 saturated heterocycles. The molecule has 2 unspecified atom stereocenters. The van der Waals surface area contributed by atoms with E-state index in [1.165, 1.54) is 44.7 Å². The van der Waals surface area contributed by atoms with Crippen molar-refractivity contribution in [3.63, 3.8) is 0 Å². The van der Waals surface area contributed by atoms with Gasteiger partial charge in [0.2, 0.25) is 0 Å². The van der Waals surface area contributed by atoms with Crippen LogP contribution in [0.4, 0.5) is 0 Å². The first-order chi connectivity index (χ1) is 19.6. The number of hydrogen-bond acceptors (Lipinski definition) is 2. The summed E-state index contributed by atoms with van der Waals surface area (Å²) in [4.78, 5) is 0. The second kappa shape index (κ2) is 16.0. The lowest BCUT2D eigenvalue weighted by Gasteiger charge is -2.37. The van der Waals surface area contributed by atoms with Crippen LogP contribution < -0.4 is 0 Å². The van der Waals surface area contributed by atoms with Gasteiger partial charge in [-0.1, -0.05) is 121 Å². The molecule has 0 saturated carbocycles. The summed E-state index contributed by atoms with van der Waals surface area (Å²) in [6.45, 7) is 17.9. The third-order valence-electron chi connectivity index (χ3n) is 8.06. The molecule has 42 heavy (non-hydrogen) atoms. The van der Waals surface area contributed by atoms with Crippen LogP contribution in [0.3, 0.4) is 0 Å². The van der Waals surface area contributed by atoms with Crippen LogP contribution in [0.15, 0.2) is 130 Å². The van der Waals surface area contributed by atoms with Crippen molar-refractivity contribution < 1.29 is 14.7 Å². The van der Waals surface area contributed by atoms with Gasteiger partial charge in [0.15, 0.2) is 0 Å². The van der Waals surface area contributed by atoms with Crippen LogP contribution in [0.2, 0.25) is 0 Å². The molecule has 0 aromatic rings. The summed E-state index contributed by atoms with van der Waals surface area (Å²) >= 11 is 0. The number of nitrogens with zero attached hydrogens (tertiary/aromatic N) is 1. The molecule has 2 atom stereocenters. The number of likely N-dealkylation sites (N-methyl/N-ethyl adjacent to an activating group) is 1. The number of aliphatic hydroxyl groups is 2. The maximum atomic E-state index is 10.1. The number of quaternary nitrogens is 1. The molecule has 3 nitrogen and oxygen atoms in total. The number of aliphatic hydroxyl groups excluding tert-OH is 2. The lowest BCUT2D eigenvalue weighted by Crippen LogP contribution is -2.47. The van der Waals surface area contributed by atoms with Crippen LogP contribution in [-0.4, -0.2) is 47.5 Å². The topological polar surface area (TPSA) is 40.5 Å². The normalized spacial score (nSPS) is 25.0. The van der Waals surface area contributed by atoms with Crippen molar-refractivity contribution in [2.24, 2.45) is 5.41 Å². The van der Waals surface area contributed by atoms with Gasteiger partial charge in [-0.3, -0.25) is 4.48 Å². The van der Waals surface area contributed by atoms with Gasteiger partial charge in [0, 0.05) is 6.42 Å². The molecule has 1 aliphatic carbocycles. The summed E-state index contributed by atoms with van der Waals surface area (Å²) in [7, 11) is 4.31. The van der Waals surface area contributed by atoms with Gasteiger partial charge in [0.1, 0.15) is 18.3 Å². The highest BCUT2D eigenvalue weighted by Crippen LogP contribution is 2.41. The highest BCUT2D eigenvalue weighted by atomic mass is 16.3. The Labute approximate surface area is 257 Å². The van der Waals surface area contributed by atoms with Crippen molar-refractivity contribution in [1.29, 1.82) is 0 Å². The zero-order valence-corrected chi connectivity index (χ0v) is 27.9. The third kappa shape index (κ3) is 11.7. The first-order valence-electron chi connectivity index (χ1n) is 15.3. The van der Waals surface area contributed by atoms with E-state index in [-0.39, 0.29) is 17.6 Å². The van der Waals surface area contributed by atoms with E-state index in [9.17, 15) is 10.2 Å². The standard InChI is InChI=1S/C39H56NO2/c1-29(17-13-19-31(3)21-23-37-33(5)25-35(41)27-39(37,7)8)15-11-12-16-30(2)18-14-20-32(4)22-24-38-34(6)26-36(42)28-40(38,9)10/h11-24,35-36,41-42H,25-28H2,1-10H3/q+1. The van der Waals surface area contributed by atoms with Gasteiger partial charge in [0.25, 0.3) is 0 Å². The van der Waals surface area contributed by atoms with Crippen LogP contribution >= 0.6 is 0 Å². The number of hydrogen-bond donors (Lipinski definition) is 2. The summed E-state index contributed by atoms with van der Waals surface area (Å²) in [5.74, 6) is 0. The molecule has 1 heterocycles. The second-order valence-corrected chi connectivity index (χ2v) is 13.4. The molecule has 2 N–H and O–H groups in total. The minimum Gasteiger partial charge on any atom is -0.393 e. The summed E-state index contributed by atoms with van der Waals surface area (Å²) in [6, 6.07) is 0. The molecule has 1 aliphatic heterocycles. The minimum atomic E-state index is -0.254. The highest BCUT2D eigenvalue weighted by Gasteiger charge is 2.32. The fourth-order valence-corrected chi connectivity index (χ4v) is 5.95. The van der Waals surface area contributed by atoms with Crippen molar-refractivity contribution in [3.05, 3.63) is 130 Å². The van der Waals surface area contributed by atoms with Crippen molar-refractivity contribution in [2.45, 2.75) is 86.9 Å². The molecule has 0 amide bonds. The Kier molecular flexibility index (Phi) is 13.4. The van der Waals surface area contributed by atoms with Gasteiger partial charge in [0.05, 0.1) is 20.2 Å². The summed E-state index contributed by atoms with van der Waals surface area (Å²) in [5, 5.41) is 20.2. The molecule has 0 aromatic carbocycles. The minimum absolute atomic E-state index is 0.00495. The maximum absolute atomic E-state index is 10.1. The lowest BCUT2D eigenvalue weighted by atomic mass is 9.71. The van der Waals surface area contributed by atoms with E-state index in [2.05, 4.69) is 155 Å². The van der Waals surface area contributed by atoms with Crippen molar-refractivity contribution in [3.8, 4) is 0 Å². The van der Waals surface area contributed by atoms with E-state index in [0.717, 1.165) is 25.8 Å². The smallest absolute Gasteiger partial charge is 0.131 e. The highest BCUT2D eigenvalue weighted by molar-refractivity contribution is 5.38. The Bertz CT molecular complexity index is 1200. The van der Waals surface area contributed by atoms with Gasteiger partial charge in [-0.15, -0.1) is 0 Å². The fourth-order valence-electron chi connectivity index (χ4n) is 5.95. The summed E-state index contributed by atoms with van der Waals surface area (Å²) < 4.78 is 0.710. The average molecular weight is 571 g/mol. The molecule has 0 aromatic heterocycles. The van der Waals surface area contributed by atoms with E-state index in [1.54, 1.807) is 0 Å². The van der Waals surface area contributed by atoms with E-state index < -0.39 is 0 Å². The Morgan fingerprint density at radius 1 is 0.667 bits per heavy atom. The molecule has 3 heteroatoms. The predicted molar refractivity (Wildman–Crippen MR) is 183 cm³/mol. The molecule has 228 valence electrons. The fraction of sp³-hybridized carbons (Fsp3) is 0.436. The molecule has 0 spiro atoms. The largest absolute Gasteiger partial charge is 0.393 e. The predicted octanol–water partition coefficient (Wildman–Crippen LogP) is 9.17. The Morgan fingerprint density at radius 2 is 1.12 bits per heavy atom. The van der Waals surface area contributed by atoms with E-state index >= 15 is 0 Å². The number of allylic oxidation sites excluding steroid dienone is 19. The Hall–Kier alpha value is -2.98. The van der Waals surface area contributed by atoms with Crippen molar-refractivity contribution >= 4 is 0 Å². The van der Waals surface area contributed by atoms with Gasteiger partial charge in [-0.05, 0) is 77.0 Å². The lowest BCUT2D eigenvalue weighted by molar-refractivity contribution is -0.855. The molecule has 2 aliphatic rings. The van der Waals surface area contributed by atoms with E-state index in [1.807, 2.05) is 0 Å². The Morgan fingerprint density at radius 3 is 1.62 bits per heavy atom. The first-order valence-corrected chi connectivity index (χ1v) is 15.3. The van der Waals surface area contributed by atoms with E-state index in [0.29, 0.717) is 4.48 Å². The Balaban J connectivity index is 1.90. The third-order valence-corrected chi connectivity index (χ3v) is 8.06. The van der Waals surface area contributed by atoms with Gasteiger partial charge in [-0.25, -0.2) is 0 Å². The average Bonchev–Trinajstić information content (AvgIpc) is 2.84. The van der Waals surface area contributed by atoms with Gasteiger partial charge >= 0.3 is 0 Å². The number of rotatable bonds is 10. The van der Waals surface area contributed by atoms with Gasteiger partial charge < -0.3 is 10.2 Å². The second-order valence-electron chi connectivity index (χ2n) is 13.4. The van der Waals surface area contributed by atoms with Crippen LogP contribution in [0.1, 0.15) is 74.7 Å². The van der Waals surface area contributed by atoms with Gasteiger partial charge in [-0.2, -0.15) is 0 Å². The molecule has 0 radical (unpaired) electrons. The van der Waals surface area contributed by atoms with Crippen LogP contribution in [-0.2, 0) is 0 Å². The first kappa shape index (κ1) is 35.2. The monoisotopic (exact) mass is 570 g/mol. The maximum Gasteiger partial charge on any atom is 0.131 e. The van der Waals surface area contributed by atoms with Crippen molar-refractivity contribution in [2.75, 3.05) is 20.6 Å². The van der Waals surface area contributed by atoms with Crippen LogP contribution in [0, 0.1) is 5.41 Å². The summed E-state index contributed by atoms with van der Waals surface area (Å²) in [6.07, 6.45) is 31.7. The quantitative estimate of drug-likeness (QED) is 0.203. The van der Waals surface area contributed by atoms with Crippen molar-refractivity contribution in [1.82, 2.24) is 0 Å².